The van der Waals surface area contributed by atoms with Gasteiger partial charge in [0.2, 0.25) is 5.91 Å². The normalized spacial score (nSPS) is 11.8. The van der Waals surface area contributed by atoms with Gasteiger partial charge in [0.15, 0.2) is 0 Å². The molecule has 1 atom stereocenters. The molecule has 1 unspecified atom stereocenters. The molecular formula is C27H26ClN3O5. The molecule has 3 aromatic rings. The Morgan fingerprint density at radius 1 is 0.861 bits per heavy atom. The van der Waals surface area contributed by atoms with E-state index in [-0.39, 0.29) is 18.9 Å². The SMILES string of the molecule is CC(=O)N=C(c1ccc(Cl)cc1)C(C)N(NC(=O)OCc1ccccc1)C(=O)OCc1ccccc1. The fraction of sp³-hybridized carbons (Fsp3) is 0.185. The van der Waals surface area contributed by atoms with Crippen LogP contribution in [0.15, 0.2) is 89.9 Å². The van der Waals surface area contributed by atoms with Crippen LogP contribution in [0.4, 0.5) is 9.59 Å². The van der Waals surface area contributed by atoms with Gasteiger partial charge in [0.05, 0.1) is 11.8 Å². The molecule has 0 fully saturated rings. The summed E-state index contributed by atoms with van der Waals surface area (Å²) in [5.74, 6) is -0.476. The Morgan fingerprint density at radius 3 is 1.92 bits per heavy atom. The fourth-order valence-corrected chi connectivity index (χ4v) is 3.38. The van der Waals surface area contributed by atoms with Crippen molar-refractivity contribution in [2.24, 2.45) is 4.99 Å². The smallest absolute Gasteiger partial charge is 0.429 e. The van der Waals surface area contributed by atoms with Gasteiger partial charge in [-0.2, -0.15) is 0 Å². The minimum atomic E-state index is -0.900. The largest absolute Gasteiger partial charge is 0.443 e. The molecule has 9 heteroatoms. The summed E-state index contributed by atoms with van der Waals surface area (Å²) in [6.45, 7) is 2.88. The molecule has 0 aliphatic rings. The second kappa shape index (κ2) is 13.1. The summed E-state index contributed by atoms with van der Waals surface area (Å²) in [7, 11) is 0. The van der Waals surface area contributed by atoms with Crippen molar-refractivity contribution in [2.45, 2.75) is 33.1 Å². The van der Waals surface area contributed by atoms with Crippen LogP contribution in [0, 0.1) is 0 Å². The molecule has 0 aliphatic carbocycles. The van der Waals surface area contributed by atoms with Gasteiger partial charge >= 0.3 is 12.2 Å². The summed E-state index contributed by atoms with van der Waals surface area (Å²) in [6, 6.07) is 23.9. The van der Waals surface area contributed by atoms with Crippen molar-refractivity contribution in [2.75, 3.05) is 0 Å². The monoisotopic (exact) mass is 507 g/mol. The van der Waals surface area contributed by atoms with Gasteiger partial charge in [0.25, 0.3) is 0 Å². The Labute approximate surface area is 214 Å². The first kappa shape index (κ1) is 26.4. The summed E-state index contributed by atoms with van der Waals surface area (Å²) >= 11 is 6.00. The molecule has 0 bridgehead atoms. The summed E-state index contributed by atoms with van der Waals surface area (Å²) in [4.78, 5) is 41.8. The third-order valence-corrected chi connectivity index (χ3v) is 5.28. The van der Waals surface area contributed by atoms with Crippen molar-refractivity contribution < 1.29 is 23.9 Å². The van der Waals surface area contributed by atoms with Crippen LogP contribution >= 0.6 is 11.6 Å². The first-order valence-corrected chi connectivity index (χ1v) is 11.5. The number of nitrogens with zero attached hydrogens (tertiary/aromatic N) is 2. The number of carbonyl (C=O) groups is 3. The van der Waals surface area contributed by atoms with Gasteiger partial charge in [-0.1, -0.05) is 84.4 Å². The molecule has 3 rings (SSSR count). The standard InChI is InChI=1S/C27H26ClN3O5/c1-19(25(29-20(2)32)23-13-15-24(28)16-14-23)31(27(34)36-18-22-11-7-4-8-12-22)30-26(33)35-17-21-9-5-3-6-10-21/h3-16,19H,17-18H2,1-2H3,(H,30,33). The lowest BCUT2D eigenvalue weighted by Gasteiger charge is -2.29. The summed E-state index contributed by atoms with van der Waals surface area (Å²) in [5, 5.41) is 1.45. The van der Waals surface area contributed by atoms with Gasteiger partial charge < -0.3 is 9.47 Å². The second-order valence-electron chi connectivity index (χ2n) is 7.78. The number of halogens is 1. The van der Waals surface area contributed by atoms with Crippen LogP contribution in [0.2, 0.25) is 5.02 Å². The van der Waals surface area contributed by atoms with Crippen molar-refractivity contribution in [3.8, 4) is 0 Å². The predicted octanol–water partition coefficient (Wildman–Crippen LogP) is 5.54. The third-order valence-electron chi connectivity index (χ3n) is 5.03. The lowest BCUT2D eigenvalue weighted by atomic mass is 10.0. The average Bonchev–Trinajstić information content (AvgIpc) is 2.89. The van der Waals surface area contributed by atoms with E-state index in [1.54, 1.807) is 55.5 Å². The van der Waals surface area contributed by atoms with Crippen molar-refractivity contribution in [3.63, 3.8) is 0 Å². The highest BCUT2D eigenvalue weighted by molar-refractivity contribution is 6.30. The number of ether oxygens (including phenoxy) is 2. The molecule has 0 saturated carbocycles. The Kier molecular flexibility index (Phi) is 9.59. The molecule has 0 heterocycles. The predicted molar refractivity (Wildman–Crippen MR) is 136 cm³/mol. The summed E-state index contributed by atoms with van der Waals surface area (Å²) < 4.78 is 10.7. The minimum absolute atomic E-state index is 0.000462. The van der Waals surface area contributed by atoms with Gasteiger partial charge in [0.1, 0.15) is 13.2 Å². The van der Waals surface area contributed by atoms with Crippen LogP contribution < -0.4 is 5.43 Å². The molecule has 0 saturated heterocycles. The van der Waals surface area contributed by atoms with Crippen LogP contribution in [0.3, 0.4) is 0 Å². The number of rotatable bonds is 7. The van der Waals surface area contributed by atoms with Crippen LogP contribution in [-0.4, -0.2) is 34.9 Å². The summed E-state index contributed by atoms with van der Waals surface area (Å²) in [5.41, 5.74) is 4.76. The molecular weight excluding hydrogens is 482 g/mol. The zero-order chi connectivity index (χ0) is 25.9. The zero-order valence-electron chi connectivity index (χ0n) is 19.9. The van der Waals surface area contributed by atoms with Crippen LogP contribution in [-0.2, 0) is 27.5 Å². The van der Waals surface area contributed by atoms with Gasteiger partial charge in [-0.25, -0.2) is 25.0 Å². The van der Waals surface area contributed by atoms with Crippen molar-refractivity contribution in [1.29, 1.82) is 0 Å². The lowest BCUT2D eigenvalue weighted by Crippen LogP contribution is -2.54. The van der Waals surface area contributed by atoms with E-state index in [1.807, 2.05) is 36.4 Å². The van der Waals surface area contributed by atoms with Crippen LogP contribution in [0.5, 0.6) is 0 Å². The quantitative estimate of drug-likeness (QED) is 0.334. The molecule has 0 spiro atoms. The van der Waals surface area contributed by atoms with Crippen LogP contribution in [0.1, 0.15) is 30.5 Å². The molecule has 36 heavy (non-hydrogen) atoms. The fourth-order valence-electron chi connectivity index (χ4n) is 3.25. The molecule has 0 aromatic heterocycles. The second-order valence-corrected chi connectivity index (χ2v) is 8.22. The number of hydrogen-bond donors (Lipinski definition) is 1. The molecule has 0 radical (unpaired) electrons. The van der Waals surface area contributed by atoms with E-state index >= 15 is 0 Å². The zero-order valence-corrected chi connectivity index (χ0v) is 20.6. The maximum Gasteiger partial charge on any atom is 0.429 e. The highest BCUT2D eigenvalue weighted by Crippen LogP contribution is 2.16. The number of carbonyl (C=O) groups excluding carboxylic acids is 3. The average molecular weight is 508 g/mol. The Bertz CT molecular complexity index is 1200. The number of hydrogen-bond acceptors (Lipinski definition) is 5. The maximum absolute atomic E-state index is 13.1. The van der Waals surface area contributed by atoms with E-state index in [4.69, 9.17) is 21.1 Å². The Balaban J connectivity index is 1.83. The molecule has 1 N–H and O–H groups in total. The molecule has 8 nitrogen and oxygen atoms in total. The van der Waals surface area contributed by atoms with Crippen molar-refractivity contribution >= 4 is 35.4 Å². The van der Waals surface area contributed by atoms with Gasteiger partial charge in [-0.3, -0.25) is 4.79 Å². The summed E-state index contributed by atoms with van der Waals surface area (Å²) in [6.07, 6.45) is -1.73. The van der Waals surface area contributed by atoms with E-state index in [0.717, 1.165) is 16.1 Å². The van der Waals surface area contributed by atoms with Crippen molar-refractivity contribution in [3.05, 3.63) is 107 Å². The highest BCUT2D eigenvalue weighted by atomic mass is 35.5. The van der Waals surface area contributed by atoms with Gasteiger partial charge in [-0.05, 0) is 35.7 Å². The lowest BCUT2D eigenvalue weighted by molar-refractivity contribution is -0.115. The topological polar surface area (TPSA) is 97.3 Å². The van der Waals surface area contributed by atoms with E-state index in [2.05, 4.69) is 10.4 Å². The van der Waals surface area contributed by atoms with E-state index < -0.39 is 24.1 Å². The molecule has 3 aromatic carbocycles. The van der Waals surface area contributed by atoms with E-state index in [9.17, 15) is 14.4 Å². The number of nitrogens with one attached hydrogen (secondary N) is 1. The van der Waals surface area contributed by atoms with Gasteiger partial charge in [-0.15, -0.1) is 0 Å². The third kappa shape index (κ3) is 7.95. The number of amides is 3. The number of hydrazine groups is 1. The first-order valence-electron chi connectivity index (χ1n) is 11.2. The molecule has 0 aliphatic heterocycles. The van der Waals surface area contributed by atoms with Crippen LogP contribution in [0.25, 0.3) is 0 Å². The first-order chi connectivity index (χ1) is 17.3. The van der Waals surface area contributed by atoms with Gasteiger partial charge in [0, 0.05) is 11.9 Å². The Hall–Kier alpha value is -4.17. The molecule has 3 amide bonds. The highest BCUT2D eigenvalue weighted by Gasteiger charge is 2.29. The molecule has 186 valence electrons. The number of benzene rings is 3. The number of aliphatic imine (C=N–C) groups is 1. The van der Waals surface area contributed by atoms with E-state index in [1.165, 1.54) is 6.92 Å². The Morgan fingerprint density at radius 2 is 1.39 bits per heavy atom. The minimum Gasteiger partial charge on any atom is -0.443 e. The maximum atomic E-state index is 13.1. The van der Waals surface area contributed by atoms with Crippen molar-refractivity contribution in [1.82, 2.24) is 10.4 Å². The van der Waals surface area contributed by atoms with E-state index in [0.29, 0.717) is 10.6 Å².